The van der Waals surface area contributed by atoms with Gasteiger partial charge in [0.05, 0.1) is 12.7 Å². The van der Waals surface area contributed by atoms with Crippen LogP contribution in [-0.4, -0.2) is 42.3 Å². The Morgan fingerprint density at radius 3 is 2.81 bits per heavy atom. The van der Waals surface area contributed by atoms with Gasteiger partial charge in [0.1, 0.15) is 18.3 Å². The molecule has 1 aromatic rings. The van der Waals surface area contributed by atoms with Gasteiger partial charge >= 0.3 is 0 Å². The zero-order valence-corrected chi connectivity index (χ0v) is 12.4. The molecule has 0 saturated carbocycles. The van der Waals surface area contributed by atoms with Crippen molar-refractivity contribution in [2.75, 3.05) is 13.7 Å². The summed E-state index contributed by atoms with van der Waals surface area (Å²) in [5.74, 6) is -1.08. The fraction of sp³-hybridized carbons (Fsp3) is 0.357. The lowest BCUT2D eigenvalue weighted by atomic mass is 10.1. The first-order valence-electron chi connectivity index (χ1n) is 6.46. The van der Waals surface area contributed by atoms with Crippen molar-refractivity contribution < 1.29 is 19.1 Å². The van der Waals surface area contributed by atoms with Crippen LogP contribution in [0.1, 0.15) is 23.7 Å². The predicted molar refractivity (Wildman–Crippen MR) is 76.3 cm³/mol. The van der Waals surface area contributed by atoms with E-state index in [9.17, 15) is 14.4 Å². The fourth-order valence-electron chi connectivity index (χ4n) is 2.29. The average Bonchev–Trinajstić information content (AvgIpc) is 2.45. The third-order valence-electron chi connectivity index (χ3n) is 3.29. The third-order valence-corrected chi connectivity index (χ3v) is 3.53. The van der Waals surface area contributed by atoms with Crippen LogP contribution in [-0.2, 0) is 9.59 Å². The number of halogens is 1. The number of piperazine rings is 1. The first-order valence-corrected chi connectivity index (χ1v) is 6.84. The summed E-state index contributed by atoms with van der Waals surface area (Å²) in [7, 11) is 1.44. The number of methoxy groups -OCH3 is 1. The highest BCUT2D eigenvalue weighted by molar-refractivity contribution is 6.31. The molecular formula is C14H15ClN2O4. The van der Waals surface area contributed by atoms with E-state index < -0.39 is 23.8 Å². The summed E-state index contributed by atoms with van der Waals surface area (Å²) in [4.78, 5) is 37.2. The first-order chi connectivity index (χ1) is 9.97. The van der Waals surface area contributed by atoms with Gasteiger partial charge in [-0.05, 0) is 24.6 Å². The Labute approximate surface area is 127 Å². The highest BCUT2D eigenvalue weighted by Crippen LogP contribution is 2.25. The van der Waals surface area contributed by atoms with Crippen LogP contribution in [0.15, 0.2) is 18.2 Å². The van der Waals surface area contributed by atoms with Crippen LogP contribution < -0.4 is 10.1 Å². The lowest BCUT2D eigenvalue weighted by molar-refractivity contribution is -0.138. The number of hydrogen-bond acceptors (Lipinski definition) is 4. The molecule has 1 aromatic carbocycles. The van der Waals surface area contributed by atoms with Crippen molar-refractivity contribution >= 4 is 29.3 Å². The molecule has 0 bridgehead atoms. The molecule has 2 rings (SSSR count). The molecule has 1 saturated heterocycles. The fourth-order valence-corrected chi connectivity index (χ4v) is 2.46. The lowest BCUT2D eigenvalue weighted by Gasteiger charge is -2.33. The number of benzene rings is 1. The first kappa shape index (κ1) is 15.3. The Hall–Kier alpha value is -2.08. The molecule has 21 heavy (non-hydrogen) atoms. The van der Waals surface area contributed by atoms with E-state index >= 15 is 0 Å². The second-order valence-electron chi connectivity index (χ2n) is 4.61. The predicted octanol–water partition coefficient (Wildman–Crippen LogP) is 1.23. The summed E-state index contributed by atoms with van der Waals surface area (Å²) in [6.07, 6.45) is 0.410. The average molecular weight is 311 g/mol. The van der Waals surface area contributed by atoms with Gasteiger partial charge in [-0.2, -0.15) is 0 Å². The maximum Gasteiger partial charge on any atom is 0.258 e. The van der Waals surface area contributed by atoms with E-state index in [-0.39, 0.29) is 12.1 Å². The Morgan fingerprint density at radius 2 is 2.19 bits per heavy atom. The third kappa shape index (κ3) is 3.00. The smallest absolute Gasteiger partial charge is 0.258 e. The standard InChI is InChI=1S/C14H15ClN2O4/c1-3-10-13(19)16-12(18)7-17(10)14(20)9-6-8(15)4-5-11(9)21-2/h4-6,10H,3,7H2,1-2H3,(H,16,18,19). The van der Waals surface area contributed by atoms with Crippen LogP contribution in [0.3, 0.4) is 0 Å². The van der Waals surface area contributed by atoms with Gasteiger partial charge in [-0.1, -0.05) is 18.5 Å². The number of ether oxygens (including phenoxy) is 1. The van der Waals surface area contributed by atoms with E-state index in [1.165, 1.54) is 18.1 Å². The molecule has 1 aliphatic heterocycles. The molecule has 1 N–H and O–H groups in total. The monoisotopic (exact) mass is 310 g/mol. The second-order valence-corrected chi connectivity index (χ2v) is 5.05. The van der Waals surface area contributed by atoms with Crippen LogP contribution >= 0.6 is 11.6 Å². The van der Waals surface area contributed by atoms with Crippen molar-refractivity contribution in [1.82, 2.24) is 10.2 Å². The molecule has 1 atom stereocenters. The molecule has 112 valence electrons. The van der Waals surface area contributed by atoms with Crippen molar-refractivity contribution in [3.05, 3.63) is 28.8 Å². The van der Waals surface area contributed by atoms with Gasteiger partial charge in [-0.3, -0.25) is 19.7 Å². The van der Waals surface area contributed by atoms with Crippen molar-refractivity contribution in [3.63, 3.8) is 0 Å². The normalized spacial score (nSPS) is 18.4. The molecular weight excluding hydrogens is 296 g/mol. The summed E-state index contributed by atoms with van der Waals surface area (Å²) in [6.45, 7) is 1.61. The largest absolute Gasteiger partial charge is 0.496 e. The van der Waals surface area contributed by atoms with E-state index in [0.29, 0.717) is 17.2 Å². The minimum atomic E-state index is -0.682. The van der Waals surface area contributed by atoms with Crippen molar-refractivity contribution in [3.8, 4) is 5.75 Å². The Balaban J connectivity index is 2.39. The van der Waals surface area contributed by atoms with Crippen LogP contribution in [0, 0.1) is 0 Å². The number of carbonyl (C=O) groups excluding carboxylic acids is 3. The molecule has 6 nitrogen and oxygen atoms in total. The number of nitrogens with one attached hydrogen (secondary N) is 1. The van der Waals surface area contributed by atoms with Crippen LogP contribution in [0.4, 0.5) is 0 Å². The van der Waals surface area contributed by atoms with Crippen molar-refractivity contribution in [2.24, 2.45) is 0 Å². The van der Waals surface area contributed by atoms with Crippen LogP contribution in [0.25, 0.3) is 0 Å². The highest BCUT2D eigenvalue weighted by atomic mass is 35.5. The van der Waals surface area contributed by atoms with Crippen molar-refractivity contribution in [1.29, 1.82) is 0 Å². The topological polar surface area (TPSA) is 75.7 Å². The molecule has 1 unspecified atom stereocenters. The summed E-state index contributed by atoms with van der Waals surface area (Å²) in [6, 6.07) is 3.95. The van der Waals surface area contributed by atoms with Gasteiger partial charge < -0.3 is 9.64 Å². The number of nitrogens with zero attached hydrogens (tertiary/aromatic N) is 1. The molecule has 1 heterocycles. The summed E-state index contributed by atoms with van der Waals surface area (Å²) in [5, 5.41) is 2.60. The number of hydrogen-bond donors (Lipinski definition) is 1. The van der Waals surface area contributed by atoms with Gasteiger partial charge in [0.25, 0.3) is 5.91 Å². The van der Waals surface area contributed by atoms with E-state index in [0.717, 1.165) is 0 Å². The van der Waals surface area contributed by atoms with E-state index in [2.05, 4.69) is 5.32 Å². The van der Waals surface area contributed by atoms with E-state index in [4.69, 9.17) is 16.3 Å². The Bertz CT molecular complexity index is 603. The Kier molecular flexibility index (Phi) is 4.47. The van der Waals surface area contributed by atoms with Gasteiger partial charge in [-0.25, -0.2) is 0 Å². The van der Waals surface area contributed by atoms with Crippen LogP contribution in [0.5, 0.6) is 5.75 Å². The summed E-state index contributed by atoms with van der Waals surface area (Å²) in [5.41, 5.74) is 0.228. The zero-order valence-electron chi connectivity index (χ0n) is 11.7. The van der Waals surface area contributed by atoms with Crippen LogP contribution in [0.2, 0.25) is 5.02 Å². The molecule has 0 aliphatic carbocycles. The molecule has 0 radical (unpaired) electrons. The Morgan fingerprint density at radius 1 is 1.48 bits per heavy atom. The van der Waals surface area contributed by atoms with E-state index in [1.54, 1.807) is 19.1 Å². The van der Waals surface area contributed by atoms with Gasteiger partial charge in [-0.15, -0.1) is 0 Å². The molecule has 0 aromatic heterocycles. The highest BCUT2D eigenvalue weighted by Gasteiger charge is 2.36. The van der Waals surface area contributed by atoms with Crippen molar-refractivity contribution in [2.45, 2.75) is 19.4 Å². The minimum absolute atomic E-state index is 0.168. The second kappa shape index (κ2) is 6.13. The SMILES string of the molecule is CCC1C(=O)NC(=O)CN1C(=O)c1cc(Cl)ccc1OC. The molecule has 7 heteroatoms. The molecule has 1 aliphatic rings. The minimum Gasteiger partial charge on any atom is -0.496 e. The maximum atomic E-state index is 12.6. The van der Waals surface area contributed by atoms with Gasteiger partial charge in [0, 0.05) is 5.02 Å². The zero-order chi connectivity index (χ0) is 15.6. The number of amides is 3. The number of rotatable bonds is 3. The lowest BCUT2D eigenvalue weighted by Crippen LogP contribution is -2.59. The number of imide groups is 1. The summed E-state index contributed by atoms with van der Waals surface area (Å²) < 4.78 is 5.14. The van der Waals surface area contributed by atoms with E-state index in [1.807, 2.05) is 0 Å². The summed E-state index contributed by atoms with van der Waals surface area (Å²) >= 11 is 5.91. The van der Waals surface area contributed by atoms with Gasteiger partial charge in [0.2, 0.25) is 11.8 Å². The molecule has 0 spiro atoms. The molecule has 3 amide bonds. The number of carbonyl (C=O) groups is 3. The molecule has 1 fully saturated rings. The maximum absolute atomic E-state index is 12.6. The van der Waals surface area contributed by atoms with Gasteiger partial charge in [0.15, 0.2) is 0 Å². The quantitative estimate of drug-likeness (QED) is 0.852.